The molecule has 0 aliphatic carbocycles. The van der Waals surface area contributed by atoms with Crippen LogP contribution >= 0.6 is 0 Å². The molecule has 4 rings (SSSR count). The quantitative estimate of drug-likeness (QED) is 0.669. The van der Waals surface area contributed by atoms with E-state index in [1.807, 2.05) is 0 Å². The zero-order chi connectivity index (χ0) is 22.2. The maximum absolute atomic E-state index is 14.3. The average molecular weight is 430 g/mol. The Bertz CT molecular complexity index is 1310. The van der Waals surface area contributed by atoms with E-state index in [2.05, 4.69) is 10.3 Å². The second kappa shape index (κ2) is 7.56. The third-order valence-corrected chi connectivity index (χ3v) is 6.13. The fraction of sp³-hybridized carbons (Fsp3) is 0.238. The number of hydrogen-bond acceptors (Lipinski definition) is 6. The van der Waals surface area contributed by atoms with Gasteiger partial charge in [0, 0.05) is 44.9 Å². The number of halogens is 1. The molecule has 1 aliphatic rings. The van der Waals surface area contributed by atoms with Gasteiger partial charge in [0.15, 0.2) is 9.84 Å². The molecule has 0 spiro atoms. The van der Waals surface area contributed by atoms with Crippen molar-refractivity contribution in [1.29, 1.82) is 0 Å². The zero-order valence-electron chi connectivity index (χ0n) is 17.2. The summed E-state index contributed by atoms with van der Waals surface area (Å²) in [6.07, 6.45) is 3.07. The number of aromatic nitrogens is 2. The molecule has 2 heterocycles. The first kappa shape index (κ1) is 18.8. The van der Waals surface area contributed by atoms with E-state index in [0.29, 0.717) is 29.9 Å². The van der Waals surface area contributed by atoms with Gasteiger partial charge in [-0.05, 0) is 29.8 Å². The molecule has 1 N–H and O–H groups in total. The minimum Gasteiger partial charge on any atom is -0.493 e. The molecule has 1 aliphatic heterocycles. The second-order valence-electron chi connectivity index (χ2n) is 6.98. The van der Waals surface area contributed by atoms with Crippen molar-refractivity contribution in [2.45, 2.75) is 17.9 Å². The smallest absolute Gasteiger partial charge is 0.262 e. The third kappa shape index (κ3) is 3.68. The van der Waals surface area contributed by atoms with Crippen LogP contribution in [0, 0.1) is 5.82 Å². The lowest BCUT2D eigenvalue weighted by molar-refractivity contribution is 0.356. The fourth-order valence-electron chi connectivity index (χ4n) is 3.39. The van der Waals surface area contributed by atoms with Crippen molar-refractivity contribution >= 4 is 15.8 Å². The standard InChI is InChI=1S/C21H20FN3O4S/c1-25-20(26)16(13-3-5-14(6-4-13)30(2,27)28)11-23-21(25)24-12-17-15-9-10-29-19(15)8-7-18(17)22/h3-8,11H,9-10,12H2,1-2H3,(H,23,24)/i1D. The Hall–Kier alpha value is -3.20. The molecule has 0 saturated carbocycles. The summed E-state index contributed by atoms with van der Waals surface area (Å²) >= 11 is 0. The Morgan fingerprint density at radius 1 is 1.27 bits per heavy atom. The molecule has 3 aromatic rings. The molecule has 156 valence electrons. The lowest BCUT2D eigenvalue weighted by atomic mass is 10.0. The fourth-order valence-corrected chi connectivity index (χ4v) is 4.02. The summed E-state index contributed by atoms with van der Waals surface area (Å²) in [5.74, 6) is 0.420. The molecule has 1 aromatic heterocycles. The van der Waals surface area contributed by atoms with Crippen LogP contribution in [0.4, 0.5) is 10.3 Å². The topological polar surface area (TPSA) is 90.3 Å². The van der Waals surface area contributed by atoms with Crippen LogP contribution in [0.5, 0.6) is 5.75 Å². The average Bonchev–Trinajstić information content (AvgIpc) is 3.21. The SMILES string of the molecule is [2H]Cn1c(NCc2c(F)ccc3c2CCO3)ncc(-c2ccc(S(C)(=O)=O)cc2)c1=O. The maximum Gasteiger partial charge on any atom is 0.262 e. The van der Waals surface area contributed by atoms with E-state index in [4.69, 9.17) is 6.11 Å². The monoisotopic (exact) mass is 430 g/mol. The molecule has 0 fully saturated rings. The van der Waals surface area contributed by atoms with Gasteiger partial charge in [-0.2, -0.15) is 0 Å². The molecule has 9 heteroatoms. The summed E-state index contributed by atoms with van der Waals surface area (Å²) in [6, 6.07) is 8.83. The number of sulfone groups is 1. The van der Waals surface area contributed by atoms with Crippen LogP contribution in [-0.4, -0.2) is 30.8 Å². The van der Waals surface area contributed by atoms with Crippen molar-refractivity contribution in [1.82, 2.24) is 9.55 Å². The van der Waals surface area contributed by atoms with Gasteiger partial charge in [0.25, 0.3) is 5.56 Å². The molecular weight excluding hydrogens is 409 g/mol. The summed E-state index contributed by atoms with van der Waals surface area (Å²) in [6.45, 7) is 0.585. The van der Waals surface area contributed by atoms with E-state index in [-0.39, 0.29) is 35.8 Å². The van der Waals surface area contributed by atoms with Crippen LogP contribution in [0.25, 0.3) is 11.1 Å². The van der Waals surface area contributed by atoms with E-state index < -0.39 is 15.4 Å². The number of nitrogens with zero attached hydrogens (tertiary/aromatic N) is 2. The minimum atomic E-state index is -3.35. The van der Waals surface area contributed by atoms with Gasteiger partial charge in [-0.1, -0.05) is 12.1 Å². The summed E-state index contributed by atoms with van der Waals surface area (Å²) in [4.78, 5) is 17.3. The van der Waals surface area contributed by atoms with E-state index >= 15 is 0 Å². The summed E-state index contributed by atoms with van der Waals surface area (Å²) in [5, 5.41) is 2.96. The molecular formula is C21H20FN3O4S. The highest BCUT2D eigenvalue weighted by Crippen LogP contribution is 2.30. The van der Waals surface area contributed by atoms with E-state index in [1.165, 1.54) is 36.5 Å². The van der Waals surface area contributed by atoms with Crippen LogP contribution in [0.2, 0.25) is 0 Å². The lowest BCUT2D eigenvalue weighted by Crippen LogP contribution is -2.23. The molecule has 7 nitrogen and oxygen atoms in total. The third-order valence-electron chi connectivity index (χ3n) is 5.00. The van der Waals surface area contributed by atoms with E-state index in [1.54, 1.807) is 6.07 Å². The van der Waals surface area contributed by atoms with Gasteiger partial charge in [0.05, 0.1) is 17.1 Å². The number of nitrogens with one attached hydrogen (secondary N) is 1. The Morgan fingerprint density at radius 3 is 2.73 bits per heavy atom. The van der Waals surface area contributed by atoms with Gasteiger partial charge >= 0.3 is 0 Å². The summed E-state index contributed by atoms with van der Waals surface area (Å²) in [7, 11) is -3.74. The predicted octanol–water partition coefficient (Wildman–Crippen LogP) is 2.54. The Balaban J connectivity index is 1.64. The predicted molar refractivity (Wildman–Crippen MR) is 111 cm³/mol. The number of fused-ring (bicyclic) bond motifs is 1. The molecule has 0 unspecified atom stereocenters. The van der Waals surface area contributed by atoms with Gasteiger partial charge in [-0.25, -0.2) is 17.8 Å². The Kier molecular flexibility index (Phi) is 4.74. The van der Waals surface area contributed by atoms with Gasteiger partial charge in [-0.3, -0.25) is 9.36 Å². The molecule has 0 amide bonds. The van der Waals surface area contributed by atoms with Crippen molar-refractivity contribution in [3.05, 3.63) is 69.9 Å². The first-order valence-electron chi connectivity index (χ1n) is 9.87. The molecule has 0 bridgehead atoms. The minimum absolute atomic E-state index is 0.0905. The van der Waals surface area contributed by atoms with Gasteiger partial charge < -0.3 is 10.1 Å². The Morgan fingerprint density at radius 2 is 2.03 bits per heavy atom. The number of ether oxygens (including phenoxy) is 1. The van der Waals surface area contributed by atoms with Crippen molar-refractivity contribution in [2.75, 3.05) is 18.2 Å². The largest absolute Gasteiger partial charge is 0.493 e. The van der Waals surface area contributed by atoms with Gasteiger partial charge in [0.1, 0.15) is 11.6 Å². The number of anilines is 1. The number of rotatable bonds is 5. The highest BCUT2D eigenvalue weighted by atomic mass is 32.2. The summed E-state index contributed by atoms with van der Waals surface area (Å²) < 4.78 is 52.0. The number of hydrogen-bond donors (Lipinski definition) is 1. The van der Waals surface area contributed by atoms with Crippen LogP contribution in [0.3, 0.4) is 0 Å². The lowest BCUT2D eigenvalue weighted by Gasteiger charge is -2.13. The second-order valence-corrected chi connectivity index (χ2v) is 9.00. The molecule has 2 aromatic carbocycles. The first-order valence-corrected chi connectivity index (χ1v) is 11.0. The van der Waals surface area contributed by atoms with Crippen LogP contribution in [0.1, 0.15) is 12.5 Å². The molecule has 30 heavy (non-hydrogen) atoms. The summed E-state index contributed by atoms with van der Waals surface area (Å²) in [5.41, 5.74) is 1.50. The van der Waals surface area contributed by atoms with Crippen molar-refractivity contribution in [3.8, 4) is 16.9 Å². The highest BCUT2D eigenvalue weighted by molar-refractivity contribution is 7.90. The van der Waals surface area contributed by atoms with Crippen LogP contribution in [0.15, 0.2) is 52.3 Å². The maximum atomic E-state index is 14.3. The van der Waals surface area contributed by atoms with E-state index in [0.717, 1.165) is 16.4 Å². The van der Waals surface area contributed by atoms with Crippen molar-refractivity contribution in [3.63, 3.8) is 0 Å². The zero-order valence-corrected chi connectivity index (χ0v) is 17.0. The highest BCUT2D eigenvalue weighted by Gasteiger charge is 2.20. The van der Waals surface area contributed by atoms with Crippen LogP contribution in [-0.2, 0) is 29.8 Å². The number of benzene rings is 2. The van der Waals surface area contributed by atoms with Gasteiger partial charge in [-0.15, -0.1) is 0 Å². The van der Waals surface area contributed by atoms with Crippen molar-refractivity contribution in [2.24, 2.45) is 7.02 Å². The Labute approximate surface area is 174 Å². The molecule has 0 radical (unpaired) electrons. The van der Waals surface area contributed by atoms with Crippen LogP contribution < -0.4 is 15.6 Å². The molecule has 0 saturated heterocycles. The normalized spacial score (nSPS) is 13.5. The molecule has 0 atom stereocenters. The van der Waals surface area contributed by atoms with Gasteiger partial charge in [0.2, 0.25) is 5.95 Å². The van der Waals surface area contributed by atoms with Crippen molar-refractivity contribution < 1.29 is 18.9 Å². The first-order chi connectivity index (χ1) is 14.8. The van der Waals surface area contributed by atoms with E-state index in [9.17, 15) is 17.6 Å².